The molecule has 2 aromatic heterocycles. The van der Waals surface area contributed by atoms with Gasteiger partial charge in [0.05, 0.1) is 12.1 Å². The van der Waals surface area contributed by atoms with Gasteiger partial charge < -0.3 is 20.3 Å². The number of halogens is 1. The van der Waals surface area contributed by atoms with E-state index < -0.39 is 22.8 Å². The Labute approximate surface area is 176 Å². The Morgan fingerprint density at radius 2 is 1.97 bits per heavy atom. The van der Waals surface area contributed by atoms with Gasteiger partial charge in [0.15, 0.2) is 5.75 Å². The number of amides is 2. The van der Waals surface area contributed by atoms with Crippen molar-refractivity contribution in [1.29, 1.82) is 0 Å². The third kappa shape index (κ3) is 4.55. The highest BCUT2D eigenvalue weighted by molar-refractivity contribution is 6.02. The summed E-state index contributed by atoms with van der Waals surface area (Å²) >= 11 is 0. The number of fused-ring (bicyclic) bond motifs is 1. The van der Waals surface area contributed by atoms with Crippen LogP contribution < -0.4 is 10.9 Å². The summed E-state index contributed by atoms with van der Waals surface area (Å²) in [6.45, 7) is -0.226. The zero-order valence-corrected chi connectivity index (χ0v) is 16.8. The van der Waals surface area contributed by atoms with Crippen LogP contribution in [0.5, 0.6) is 5.75 Å². The molecule has 1 fully saturated rings. The summed E-state index contributed by atoms with van der Waals surface area (Å²) in [5, 5.41) is 13.3. The summed E-state index contributed by atoms with van der Waals surface area (Å²) in [5.74, 6) is -1.96. The maximum absolute atomic E-state index is 13.1. The lowest BCUT2D eigenvalue weighted by molar-refractivity contribution is -0.121. The predicted molar refractivity (Wildman–Crippen MR) is 111 cm³/mol. The average Bonchev–Trinajstić information content (AvgIpc) is 3.53. The second-order valence-corrected chi connectivity index (χ2v) is 7.72. The SMILES string of the molecule is CN(CC(=O)NC1CC1)C(=O)c1c(O)c2ncc(Cc3ccc(F)cc3)cc2[nH]c1=O. The number of aromatic hydroxyl groups is 1. The summed E-state index contributed by atoms with van der Waals surface area (Å²) in [6.07, 6.45) is 3.81. The van der Waals surface area contributed by atoms with Gasteiger partial charge in [0.25, 0.3) is 11.5 Å². The minimum atomic E-state index is -0.774. The topological polar surface area (TPSA) is 115 Å². The van der Waals surface area contributed by atoms with Gasteiger partial charge >= 0.3 is 0 Å². The number of H-pyrrole nitrogens is 1. The third-order valence-corrected chi connectivity index (χ3v) is 5.09. The van der Waals surface area contributed by atoms with Gasteiger partial charge in [-0.05, 0) is 48.6 Å². The van der Waals surface area contributed by atoms with E-state index in [1.165, 1.54) is 25.4 Å². The van der Waals surface area contributed by atoms with Gasteiger partial charge in [-0.25, -0.2) is 4.39 Å². The highest BCUT2D eigenvalue weighted by Crippen LogP contribution is 2.25. The number of aromatic amines is 1. The van der Waals surface area contributed by atoms with Crippen molar-refractivity contribution in [1.82, 2.24) is 20.2 Å². The molecule has 2 amide bonds. The molecule has 1 saturated carbocycles. The number of nitrogens with one attached hydrogen (secondary N) is 2. The van der Waals surface area contributed by atoms with Crippen molar-refractivity contribution in [2.75, 3.05) is 13.6 Å². The number of pyridine rings is 2. The lowest BCUT2D eigenvalue weighted by Crippen LogP contribution is -2.40. The Hall–Kier alpha value is -3.75. The zero-order chi connectivity index (χ0) is 22.1. The van der Waals surface area contributed by atoms with Crippen LogP contribution in [0.2, 0.25) is 0 Å². The van der Waals surface area contributed by atoms with Crippen molar-refractivity contribution in [3.05, 3.63) is 69.4 Å². The van der Waals surface area contributed by atoms with Crippen LogP contribution in [0, 0.1) is 5.82 Å². The lowest BCUT2D eigenvalue weighted by atomic mass is 10.1. The van der Waals surface area contributed by atoms with Crippen LogP contribution in [0.3, 0.4) is 0 Å². The number of hydrogen-bond donors (Lipinski definition) is 3. The molecule has 160 valence electrons. The van der Waals surface area contributed by atoms with Gasteiger partial charge in [-0.1, -0.05) is 12.1 Å². The van der Waals surface area contributed by atoms with Crippen molar-refractivity contribution in [3.63, 3.8) is 0 Å². The molecular weight excluding hydrogens is 403 g/mol. The Morgan fingerprint density at radius 1 is 1.26 bits per heavy atom. The van der Waals surface area contributed by atoms with Crippen LogP contribution >= 0.6 is 0 Å². The number of rotatable bonds is 6. The maximum Gasteiger partial charge on any atom is 0.265 e. The number of likely N-dealkylation sites (N-methyl/N-ethyl adjacent to an activating group) is 1. The number of hydrogen-bond acceptors (Lipinski definition) is 5. The molecule has 4 rings (SSSR count). The molecule has 31 heavy (non-hydrogen) atoms. The lowest BCUT2D eigenvalue weighted by Gasteiger charge is -2.17. The number of nitrogens with zero attached hydrogens (tertiary/aromatic N) is 2. The van der Waals surface area contributed by atoms with Gasteiger partial charge in [-0.15, -0.1) is 0 Å². The molecule has 3 N–H and O–H groups in total. The van der Waals surface area contributed by atoms with E-state index in [1.54, 1.807) is 18.2 Å². The summed E-state index contributed by atoms with van der Waals surface area (Å²) in [6, 6.07) is 7.82. The molecule has 0 saturated heterocycles. The van der Waals surface area contributed by atoms with Crippen molar-refractivity contribution in [2.24, 2.45) is 0 Å². The number of carbonyl (C=O) groups excluding carboxylic acids is 2. The average molecular weight is 424 g/mol. The molecule has 0 aliphatic heterocycles. The first-order chi connectivity index (χ1) is 14.8. The van der Waals surface area contributed by atoms with Gasteiger partial charge in [0, 0.05) is 19.3 Å². The van der Waals surface area contributed by atoms with Gasteiger partial charge in [0.2, 0.25) is 5.91 Å². The first-order valence-electron chi connectivity index (χ1n) is 9.85. The smallest absolute Gasteiger partial charge is 0.265 e. The summed E-state index contributed by atoms with van der Waals surface area (Å²) < 4.78 is 13.1. The Morgan fingerprint density at radius 3 is 2.65 bits per heavy atom. The first-order valence-corrected chi connectivity index (χ1v) is 9.85. The molecular formula is C22H21FN4O4. The minimum Gasteiger partial charge on any atom is -0.505 e. The zero-order valence-electron chi connectivity index (χ0n) is 16.8. The number of carbonyl (C=O) groups is 2. The fourth-order valence-corrected chi connectivity index (χ4v) is 3.31. The second-order valence-electron chi connectivity index (χ2n) is 7.72. The molecule has 0 spiro atoms. The van der Waals surface area contributed by atoms with E-state index in [1.807, 2.05) is 0 Å². The summed E-state index contributed by atoms with van der Waals surface area (Å²) in [5.41, 5.74) is 0.696. The Bertz CT molecular complexity index is 1220. The highest BCUT2D eigenvalue weighted by Gasteiger charge is 2.27. The second kappa shape index (κ2) is 8.17. The molecule has 1 aliphatic carbocycles. The highest BCUT2D eigenvalue weighted by atomic mass is 19.1. The van der Waals surface area contributed by atoms with Crippen LogP contribution in [-0.2, 0) is 11.2 Å². The molecule has 1 aliphatic rings. The van der Waals surface area contributed by atoms with E-state index in [0.717, 1.165) is 28.9 Å². The van der Waals surface area contributed by atoms with E-state index in [-0.39, 0.29) is 35.3 Å². The van der Waals surface area contributed by atoms with E-state index in [0.29, 0.717) is 6.42 Å². The van der Waals surface area contributed by atoms with E-state index in [4.69, 9.17) is 0 Å². The number of aromatic nitrogens is 2. The third-order valence-electron chi connectivity index (χ3n) is 5.09. The summed E-state index contributed by atoms with van der Waals surface area (Å²) in [4.78, 5) is 45.1. The monoisotopic (exact) mass is 424 g/mol. The van der Waals surface area contributed by atoms with Crippen LogP contribution in [0.25, 0.3) is 11.0 Å². The Kier molecular flexibility index (Phi) is 5.41. The van der Waals surface area contributed by atoms with Crippen LogP contribution in [0.15, 0.2) is 41.3 Å². The fraction of sp³-hybridized carbons (Fsp3) is 0.273. The molecule has 0 atom stereocenters. The maximum atomic E-state index is 13.1. The quantitative estimate of drug-likeness (QED) is 0.557. The standard InChI is InChI=1S/C22H21FN4O4/c1-27(11-17(28)25-15-6-7-15)22(31)18-20(29)19-16(26-21(18)30)9-13(10-24-19)8-12-2-4-14(23)5-3-12/h2-5,9-10,15H,6-8,11H2,1H3,(H,25,28)(H2,26,29,30). The van der Waals surface area contributed by atoms with E-state index in [2.05, 4.69) is 15.3 Å². The molecule has 3 aromatic rings. The molecule has 0 bridgehead atoms. The normalized spacial score (nSPS) is 13.2. The largest absolute Gasteiger partial charge is 0.505 e. The number of benzene rings is 1. The first kappa shape index (κ1) is 20.5. The van der Waals surface area contributed by atoms with Crippen LogP contribution in [0.4, 0.5) is 4.39 Å². The van der Waals surface area contributed by atoms with Crippen LogP contribution in [0.1, 0.15) is 34.3 Å². The van der Waals surface area contributed by atoms with E-state index in [9.17, 15) is 23.9 Å². The van der Waals surface area contributed by atoms with Crippen molar-refractivity contribution >= 4 is 22.8 Å². The van der Waals surface area contributed by atoms with Gasteiger partial charge in [-0.2, -0.15) is 0 Å². The summed E-state index contributed by atoms with van der Waals surface area (Å²) in [7, 11) is 1.39. The fourth-order valence-electron chi connectivity index (χ4n) is 3.31. The van der Waals surface area contributed by atoms with Crippen molar-refractivity contribution < 1.29 is 19.1 Å². The molecule has 2 heterocycles. The minimum absolute atomic E-state index is 0.0710. The van der Waals surface area contributed by atoms with Crippen LogP contribution in [-0.4, -0.2) is 51.4 Å². The molecule has 8 nitrogen and oxygen atoms in total. The van der Waals surface area contributed by atoms with Gasteiger partial charge in [0.1, 0.15) is 16.9 Å². The molecule has 0 radical (unpaired) electrons. The van der Waals surface area contributed by atoms with Crippen molar-refractivity contribution in [3.8, 4) is 5.75 Å². The molecule has 1 aromatic carbocycles. The van der Waals surface area contributed by atoms with Gasteiger partial charge in [-0.3, -0.25) is 19.4 Å². The van der Waals surface area contributed by atoms with E-state index >= 15 is 0 Å². The molecule has 0 unspecified atom stereocenters. The predicted octanol–water partition coefficient (Wildman–Crippen LogP) is 1.71. The Balaban J connectivity index is 1.58. The molecule has 9 heteroatoms. The van der Waals surface area contributed by atoms with Crippen molar-refractivity contribution in [2.45, 2.75) is 25.3 Å².